The molecular formula is C14H19ClN4O2S. The molecule has 8 heteroatoms. The van der Waals surface area contributed by atoms with Gasteiger partial charge in [0, 0.05) is 18.2 Å². The van der Waals surface area contributed by atoms with Crippen molar-refractivity contribution in [2.75, 3.05) is 13.6 Å². The molecule has 0 amide bonds. The van der Waals surface area contributed by atoms with Gasteiger partial charge in [-0.2, -0.15) is 0 Å². The van der Waals surface area contributed by atoms with Gasteiger partial charge in [0.15, 0.2) is 5.82 Å². The van der Waals surface area contributed by atoms with E-state index in [0.717, 1.165) is 5.56 Å². The molecule has 0 saturated heterocycles. The van der Waals surface area contributed by atoms with E-state index < -0.39 is 10.0 Å². The highest BCUT2D eigenvalue weighted by Crippen LogP contribution is 2.14. The Kier molecular flexibility index (Phi) is 6.89. The lowest BCUT2D eigenvalue weighted by molar-refractivity contribution is 0.553. The molecule has 2 N–H and O–H groups in total. The van der Waals surface area contributed by atoms with Crippen LogP contribution in [-0.4, -0.2) is 38.0 Å². The standard InChI is InChI=1S/C14H18N4O2S.ClH/c1-11(15-2)8-18-21(19,20)13-9-16-14(17-10-13)12-6-4-3-5-7-12;/h3-7,9-11,15,18H,8H2,1-2H3;1H. The van der Waals surface area contributed by atoms with E-state index in [1.54, 1.807) is 7.05 Å². The van der Waals surface area contributed by atoms with Crippen LogP contribution in [0.3, 0.4) is 0 Å². The van der Waals surface area contributed by atoms with Crippen LogP contribution in [0.4, 0.5) is 0 Å². The summed E-state index contributed by atoms with van der Waals surface area (Å²) in [5.74, 6) is 0.498. The highest BCUT2D eigenvalue weighted by Gasteiger charge is 2.16. The largest absolute Gasteiger partial charge is 0.316 e. The quantitative estimate of drug-likeness (QED) is 0.830. The summed E-state index contributed by atoms with van der Waals surface area (Å²) in [6.07, 6.45) is 2.64. The second-order valence-corrected chi connectivity index (χ2v) is 6.42. The summed E-state index contributed by atoms with van der Waals surface area (Å²) in [5, 5.41) is 2.96. The smallest absolute Gasteiger partial charge is 0.243 e. The van der Waals surface area contributed by atoms with Gasteiger partial charge in [0.25, 0.3) is 0 Å². The predicted octanol–water partition coefficient (Wildman–Crippen LogP) is 1.45. The lowest BCUT2D eigenvalue weighted by Crippen LogP contribution is -2.37. The molecule has 1 heterocycles. The molecule has 1 aromatic carbocycles. The molecule has 0 aliphatic heterocycles. The average Bonchev–Trinajstić information content (AvgIpc) is 2.53. The number of aromatic nitrogens is 2. The number of nitrogens with zero attached hydrogens (tertiary/aromatic N) is 2. The van der Waals surface area contributed by atoms with Crippen LogP contribution in [0, 0.1) is 0 Å². The van der Waals surface area contributed by atoms with Gasteiger partial charge in [0.2, 0.25) is 10.0 Å². The Morgan fingerprint density at radius 1 is 1.14 bits per heavy atom. The molecule has 0 aliphatic rings. The minimum absolute atomic E-state index is 0. The van der Waals surface area contributed by atoms with Crippen molar-refractivity contribution in [3.05, 3.63) is 42.7 Å². The zero-order valence-electron chi connectivity index (χ0n) is 12.4. The third kappa shape index (κ3) is 4.74. The highest BCUT2D eigenvalue weighted by molar-refractivity contribution is 7.89. The zero-order valence-corrected chi connectivity index (χ0v) is 14.0. The van der Waals surface area contributed by atoms with Gasteiger partial charge in [-0.25, -0.2) is 23.1 Å². The Balaban J connectivity index is 0.00000242. The molecule has 0 aliphatic carbocycles. The van der Waals surface area contributed by atoms with E-state index in [0.29, 0.717) is 12.4 Å². The van der Waals surface area contributed by atoms with Crippen LogP contribution in [0.5, 0.6) is 0 Å². The van der Waals surface area contributed by atoms with Gasteiger partial charge in [0.1, 0.15) is 4.90 Å². The summed E-state index contributed by atoms with van der Waals surface area (Å²) in [5.41, 5.74) is 0.846. The summed E-state index contributed by atoms with van der Waals surface area (Å²) in [6, 6.07) is 9.44. The van der Waals surface area contributed by atoms with Crippen molar-refractivity contribution in [2.24, 2.45) is 0 Å². The van der Waals surface area contributed by atoms with Gasteiger partial charge in [-0.3, -0.25) is 0 Å². The molecule has 0 radical (unpaired) electrons. The third-order valence-electron chi connectivity index (χ3n) is 3.04. The minimum Gasteiger partial charge on any atom is -0.316 e. The van der Waals surface area contributed by atoms with Crippen molar-refractivity contribution in [1.82, 2.24) is 20.0 Å². The number of hydrogen-bond donors (Lipinski definition) is 2. The predicted molar refractivity (Wildman–Crippen MR) is 88.4 cm³/mol. The van der Waals surface area contributed by atoms with Crippen molar-refractivity contribution in [3.63, 3.8) is 0 Å². The van der Waals surface area contributed by atoms with E-state index in [1.807, 2.05) is 37.3 Å². The first-order chi connectivity index (χ1) is 10.0. The summed E-state index contributed by atoms with van der Waals surface area (Å²) in [6.45, 7) is 2.19. The van der Waals surface area contributed by atoms with Crippen LogP contribution >= 0.6 is 12.4 Å². The molecule has 0 bridgehead atoms. The number of likely N-dealkylation sites (N-methyl/N-ethyl adjacent to an activating group) is 1. The molecule has 120 valence electrons. The topological polar surface area (TPSA) is 84.0 Å². The number of hydrogen-bond acceptors (Lipinski definition) is 5. The summed E-state index contributed by atoms with van der Waals surface area (Å²) in [4.78, 5) is 8.29. The van der Waals surface area contributed by atoms with Crippen LogP contribution in [0.1, 0.15) is 6.92 Å². The second-order valence-electron chi connectivity index (χ2n) is 4.65. The van der Waals surface area contributed by atoms with Gasteiger partial charge in [-0.15, -0.1) is 12.4 Å². The maximum atomic E-state index is 12.1. The van der Waals surface area contributed by atoms with E-state index in [2.05, 4.69) is 20.0 Å². The SMILES string of the molecule is CNC(C)CNS(=O)(=O)c1cnc(-c2ccccc2)nc1.Cl. The zero-order chi connectivity index (χ0) is 15.3. The molecule has 1 atom stereocenters. The van der Waals surface area contributed by atoms with Crippen molar-refractivity contribution < 1.29 is 8.42 Å². The van der Waals surface area contributed by atoms with Crippen molar-refractivity contribution in [3.8, 4) is 11.4 Å². The normalized spacial score (nSPS) is 12.5. The number of halogens is 1. The van der Waals surface area contributed by atoms with E-state index >= 15 is 0 Å². The average molecular weight is 343 g/mol. The fraction of sp³-hybridized carbons (Fsp3) is 0.286. The van der Waals surface area contributed by atoms with E-state index in [-0.39, 0.29) is 23.3 Å². The molecule has 2 aromatic rings. The molecule has 0 saturated carbocycles. The van der Waals surface area contributed by atoms with Crippen LogP contribution < -0.4 is 10.0 Å². The molecule has 0 spiro atoms. The Bertz CT molecular complexity index is 678. The molecule has 22 heavy (non-hydrogen) atoms. The number of rotatable bonds is 6. The summed E-state index contributed by atoms with van der Waals surface area (Å²) < 4.78 is 26.7. The van der Waals surface area contributed by atoms with E-state index in [9.17, 15) is 8.42 Å². The first kappa shape index (κ1) is 18.5. The van der Waals surface area contributed by atoms with Gasteiger partial charge in [-0.05, 0) is 14.0 Å². The lowest BCUT2D eigenvalue weighted by Gasteiger charge is -2.11. The maximum Gasteiger partial charge on any atom is 0.243 e. The van der Waals surface area contributed by atoms with Crippen molar-refractivity contribution in [1.29, 1.82) is 0 Å². The molecule has 2 rings (SSSR count). The highest BCUT2D eigenvalue weighted by atomic mass is 35.5. The minimum atomic E-state index is -3.58. The van der Waals surface area contributed by atoms with Crippen LogP contribution in [0.25, 0.3) is 11.4 Å². The van der Waals surface area contributed by atoms with Gasteiger partial charge < -0.3 is 5.32 Å². The monoisotopic (exact) mass is 342 g/mol. The summed E-state index contributed by atoms with van der Waals surface area (Å²) in [7, 11) is -1.80. The maximum absolute atomic E-state index is 12.1. The fourth-order valence-electron chi connectivity index (χ4n) is 1.61. The Labute approximate surface area is 136 Å². The van der Waals surface area contributed by atoms with Crippen molar-refractivity contribution in [2.45, 2.75) is 17.9 Å². The molecular weight excluding hydrogens is 324 g/mol. The van der Waals surface area contributed by atoms with Crippen LogP contribution in [0.15, 0.2) is 47.6 Å². The third-order valence-corrected chi connectivity index (χ3v) is 4.42. The first-order valence-corrected chi connectivity index (χ1v) is 8.05. The van der Waals surface area contributed by atoms with Crippen molar-refractivity contribution >= 4 is 22.4 Å². The fourth-order valence-corrected chi connectivity index (χ4v) is 2.63. The first-order valence-electron chi connectivity index (χ1n) is 6.57. The molecule has 1 unspecified atom stereocenters. The van der Waals surface area contributed by atoms with Gasteiger partial charge in [0.05, 0.1) is 12.4 Å². The molecule has 0 fully saturated rings. The second kappa shape index (κ2) is 8.19. The number of sulfonamides is 1. The lowest BCUT2D eigenvalue weighted by atomic mass is 10.2. The van der Waals surface area contributed by atoms with Crippen LogP contribution in [-0.2, 0) is 10.0 Å². The van der Waals surface area contributed by atoms with E-state index in [4.69, 9.17) is 0 Å². The number of nitrogens with one attached hydrogen (secondary N) is 2. The Morgan fingerprint density at radius 3 is 2.27 bits per heavy atom. The Hall–Kier alpha value is -1.54. The van der Waals surface area contributed by atoms with Gasteiger partial charge in [-0.1, -0.05) is 30.3 Å². The number of benzene rings is 1. The Morgan fingerprint density at radius 2 is 1.73 bits per heavy atom. The van der Waals surface area contributed by atoms with E-state index in [1.165, 1.54) is 12.4 Å². The van der Waals surface area contributed by atoms with Crippen LogP contribution in [0.2, 0.25) is 0 Å². The van der Waals surface area contributed by atoms with Gasteiger partial charge >= 0.3 is 0 Å². The molecule has 6 nitrogen and oxygen atoms in total. The summed E-state index contributed by atoms with van der Waals surface area (Å²) >= 11 is 0. The molecule has 1 aromatic heterocycles.